The number of hydrogen-bond donors (Lipinski definition) is 1. The van der Waals surface area contributed by atoms with Crippen LogP contribution in [0.15, 0.2) is 24.3 Å². The van der Waals surface area contributed by atoms with Gasteiger partial charge in [0.2, 0.25) is 0 Å². The maximum Gasteiger partial charge on any atom is 0.0596 e. The lowest BCUT2D eigenvalue weighted by Gasteiger charge is -2.36. The SMILES string of the molecule is CN1CCCC1(CN)c1ccccc1Cl. The summed E-state index contributed by atoms with van der Waals surface area (Å²) in [6, 6.07) is 8.03. The van der Waals surface area contributed by atoms with Crippen molar-refractivity contribution in [2.24, 2.45) is 5.73 Å². The first-order valence-corrected chi connectivity index (χ1v) is 5.75. The molecule has 1 fully saturated rings. The third-order valence-electron chi connectivity index (χ3n) is 3.53. The van der Waals surface area contributed by atoms with Gasteiger partial charge in [0.1, 0.15) is 0 Å². The van der Waals surface area contributed by atoms with E-state index in [1.807, 2.05) is 18.2 Å². The molecule has 1 saturated heterocycles. The number of rotatable bonds is 2. The Kier molecular flexibility index (Phi) is 3.01. The lowest BCUT2D eigenvalue weighted by Crippen LogP contribution is -2.45. The first kappa shape index (κ1) is 10.9. The van der Waals surface area contributed by atoms with Gasteiger partial charge in [-0.15, -0.1) is 0 Å². The minimum absolute atomic E-state index is 0.0433. The standard InChI is InChI=1S/C12H17ClN2/c1-15-8-4-7-12(15,9-14)10-5-2-3-6-11(10)13/h2-3,5-6H,4,7-9,14H2,1H3. The molecule has 0 aromatic heterocycles. The molecule has 15 heavy (non-hydrogen) atoms. The van der Waals surface area contributed by atoms with Crippen molar-refractivity contribution in [2.75, 3.05) is 20.1 Å². The highest BCUT2D eigenvalue weighted by Crippen LogP contribution is 2.39. The zero-order valence-electron chi connectivity index (χ0n) is 9.04. The van der Waals surface area contributed by atoms with E-state index in [1.165, 1.54) is 12.0 Å². The molecule has 82 valence electrons. The molecular formula is C12H17ClN2. The van der Waals surface area contributed by atoms with Crippen LogP contribution in [0, 0.1) is 0 Å². The van der Waals surface area contributed by atoms with Crippen LogP contribution >= 0.6 is 11.6 Å². The van der Waals surface area contributed by atoms with Crippen LogP contribution in [0.3, 0.4) is 0 Å². The lowest BCUT2D eigenvalue weighted by molar-refractivity contribution is 0.183. The van der Waals surface area contributed by atoms with Gasteiger partial charge in [0, 0.05) is 11.6 Å². The molecule has 2 nitrogen and oxygen atoms in total. The maximum atomic E-state index is 6.26. The van der Waals surface area contributed by atoms with Gasteiger partial charge in [0.05, 0.1) is 5.54 Å². The number of likely N-dealkylation sites (N-methyl/N-ethyl adjacent to an activating group) is 1. The first-order valence-electron chi connectivity index (χ1n) is 5.37. The van der Waals surface area contributed by atoms with Gasteiger partial charge in [-0.1, -0.05) is 29.8 Å². The second-order valence-corrected chi connectivity index (χ2v) is 4.65. The number of nitrogens with zero attached hydrogens (tertiary/aromatic N) is 1. The summed E-state index contributed by atoms with van der Waals surface area (Å²) in [6.07, 6.45) is 2.29. The molecule has 1 aromatic rings. The summed E-state index contributed by atoms with van der Waals surface area (Å²) in [6.45, 7) is 1.73. The monoisotopic (exact) mass is 224 g/mol. The van der Waals surface area contributed by atoms with Crippen LogP contribution in [0.5, 0.6) is 0 Å². The van der Waals surface area contributed by atoms with Crippen LogP contribution in [0.25, 0.3) is 0 Å². The highest BCUT2D eigenvalue weighted by molar-refractivity contribution is 6.31. The Balaban J connectivity index is 2.47. The number of benzene rings is 1. The Morgan fingerprint density at radius 1 is 1.47 bits per heavy atom. The van der Waals surface area contributed by atoms with Gasteiger partial charge in [-0.05, 0) is 38.1 Å². The third kappa shape index (κ3) is 1.67. The van der Waals surface area contributed by atoms with E-state index in [2.05, 4.69) is 18.0 Å². The average molecular weight is 225 g/mol. The summed E-state index contributed by atoms with van der Waals surface area (Å²) >= 11 is 6.26. The van der Waals surface area contributed by atoms with E-state index in [-0.39, 0.29) is 5.54 Å². The number of likely N-dealkylation sites (tertiary alicyclic amines) is 1. The van der Waals surface area contributed by atoms with Crippen molar-refractivity contribution in [1.29, 1.82) is 0 Å². The fraction of sp³-hybridized carbons (Fsp3) is 0.500. The Morgan fingerprint density at radius 2 is 2.20 bits per heavy atom. The molecule has 2 N–H and O–H groups in total. The molecule has 0 saturated carbocycles. The lowest BCUT2D eigenvalue weighted by atomic mass is 9.87. The summed E-state index contributed by atoms with van der Waals surface area (Å²) in [4.78, 5) is 2.33. The minimum atomic E-state index is -0.0433. The highest BCUT2D eigenvalue weighted by atomic mass is 35.5. The molecule has 1 aliphatic rings. The van der Waals surface area contributed by atoms with E-state index in [0.717, 1.165) is 18.0 Å². The van der Waals surface area contributed by atoms with Gasteiger partial charge in [-0.3, -0.25) is 4.90 Å². The van der Waals surface area contributed by atoms with Crippen molar-refractivity contribution >= 4 is 11.6 Å². The predicted molar refractivity (Wildman–Crippen MR) is 64.0 cm³/mol. The summed E-state index contributed by atoms with van der Waals surface area (Å²) in [5, 5.41) is 0.830. The van der Waals surface area contributed by atoms with E-state index in [0.29, 0.717) is 6.54 Å². The van der Waals surface area contributed by atoms with Gasteiger partial charge in [0.25, 0.3) is 0 Å². The van der Waals surface area contributed by atoms with Crippen molar-refractivity contribution < 1.29 is 0 Å². The van der Waals surface area contributed by atoms with Crippen molar-refractivity contribution in [3.8, 4) is 0 Å². The molecule has 1 aliphatic heterocycles. The molecular weight excluding hydrogens is 208 g/mol. The molecule has 1 atom stereocenters. The average Bonchev–Trinajstić information content (AvgIpc) is 2.61. The minimum Gasteiger partial charge on any atom is -0.328 e. The fourth-order valence-corrected chi connectivity index (χ4v) is 2.87. The highest BCUT2D eigenvalue weighted by Gasteiger charge is 2.40. The summed E-state index contributed by atoms with van der Waals surface area (Å²) < 4.78 is 0. The van der Waals surface area contributed by atoms with Crippen LogP contribution < -0.4 is 5.73 Å². The van der Waals surface area contributed by atoms with Crippen LogP contribution in [0.4, 0.5) is 0 Å². The Bertz CT molecular complexity index is 353. The molecule has 0 amide bonds. The Labute approximate surface area is 96.0 Å². The van der Waals surface area contributed by atoms with Gasteiger partial charge < -0.3 is 5.73 Å². The van der Waals surface area contributed by atoms with E-state index >= 15 is 0 Å². The van der Waals surface area contributed by atoms with E-state index in [9.17, 15) is 0 Å². The molecule has 1 aromatic carbocycles. The maximum absolute atomic E-state index is 6.26. The van der Waals surface area contributed by atoms with Gasteiger partial charge in [-0.2, -0.15) is 0 Å². The number of nitrogens with two attached hydrogens (primary N) is 1. The van der Waals surface area contributed by atoms with Crippen LogP contribution in [0.2, 0.25) is 5.02 Å². The second-order valence-electron chi connectivity index (χ2n) is 4.24. The van der Waals surface area contributed by atoms with Crippen molar-refractivity contribution in [1.82, 2.24) is 4.90 Å². The topological polar surface area (TPSA) is 29.3 Å². The van der Waals surface area contributed by atoms with E-state index in [1.54, 1.807) is 0 Å². The van der Waals surface area contributed by atoms with E-state index in [4.69, 9.17) is 17.3 Å². The molecule has 0 radical (unpaired) electrons. The summed E-state index contributed by atoms with van der Waals surface area (Å²) in [7, 11) is 2.13. The third-order valence-corrected chi connectivity index (χ3v) is 3.86. The predicted octanol–water partition coefficient (Wildman–Crippen LogP) is 2.22. The van der Waals surface area contributed by atoms with Crippen molar-refractivity contribution in [3.63, 3.8) is 0 Å². The van der Waals surface area contributed by atoms with Crippen LogP contribution in [-0.2, 0) is 5.54 Å². The molecule has 1 unspecified atom stereocenters. The Morgan fingerprint density at radius 3 is 2.73 bits per heavy atom. The van der Waals surface area contributed by atoms with Gasteiger partial charge in [-0.25, -0.2) is 0 Å². The molecule has 0 bridgehead atoms. The second kappa shape index (κ2) is 4.12. The number of hydrogen-bond acceptors (Lipinski definition) is 2. The molecule has 2 rings (SSSR count). The number of halogens is 1. The Hall–Kier alpha value is -0.570. The molecule has 0 spiro atoms. The summed E-state index contributed by atoms with van der Waals surface area (Å²) in [5.41, 5.74) is 7.09. The van der Waals surface area contributed by atoms with Crippen molar-refractivity contribution in [2.45, 2.75) is 18.4 Å². The van der Waals surface area contributed by atoms with Crippen LogP contribution in [0.1, 0.15) is 18.4 Å². The van der Waals surface area contributed by atoms with E-state index < -0.39 is 0 Å². The van der Waals surface area contributed by atoms with Crippen molar-refractivity contribution in [3.05, 3.63) is 34.9 Å². The summed E-state index contributed by atoms with van der Waals surface area (Å²) in [5.74, 6) is 0. The van der Waals surface area contributed by atoms with Gasteiger partial charge >= 0.3 is 0 Å². The quantitative estimate of drug-likeness (QED) is 0.835. The van der Waals surface area contributed by atoms with Crippen LogP contribution in [-0.4, -0.2) is 25.0 Å². The molecule has 3 heteroatoms. The molecule has 0 aliphatic carbocycles. The smallest absolute Gasteiger partial charge is 0.0596 e. The molecule has 1 heterocycles. The zero-order chi connectivity index (χ0) is 10.9. The van der Waals surface area contributed by atoms with Gasteiger partial charge in [0.15, 0.2) is 0 Å². The fourth-order valence-electron chi connectivity index (χ4n) is 2.56. The largest absolute Gasteiger partial charge is 0.328 e. The normalized spacial score (nSPS) is 27.1. The first-order chi connectivity index (χ1) is 7.20. The zero-order valence-corrected chi connectivity index (χ0v) is 9.80.